The van der Waals surface area contributed by atoms with E-state index in [4.69, 9.17) is 23.7 Å². The second-order valence-corrected chi connectivity index (χ2v) is 8.08. The summed E-state index contributed by atoms with van der Waals surface area (Å²) in [6, 6.07) is 19.6. The summed E-state index contributed by atoms with van der Waals surface area (Å²) in [5, 5.41) is 12.1. The van der Waals surface area contributed by atoms with Gasteiger partial charge in [0, 0.05) is 12.1 Å². The fourth-order valence-corrected chi connectivity index (χ4v) is 4.29. The zero-order chi connectivity index (χ0) is 25.0. The van der Waals surface area contributed by atoms with E-state index >= 15 is 0 Å². The molecular weight excluding hydrogens is 450 g/mol. The molecule has 1 amide bonds. The summed E-state index contributed by atoms with van der Waals surface area (Å²) < 4.78 is 27.0. The van der Waals surface area contributed by atoms with Gasteiger partial charge in [-0.1, -0.05) is 30.3 Å². The Labute approximate surface area is 204 Å². The Bertz CT molecular complexity index is 1160. The minimum Gasteiger partial charge on any atom is -0.497 e. The van der Waals surface area contributed by atoms with Gasteiger partial charge >= 0.3 is 6.09 Å². The van der Waals surface area contributed by atoms with E-state index < -0.39 is 17.9 Å². The standard InChI is InChI=1S/C27H29NO7/c1-31-21-10-6-19(7-11-21)25-27(30,20-8-12-22(32-2)13-9-20)28(26(29)35-25)16-15-18-5-14-23(33-3)24(17-18)34-4/h5-14,17,25,30H,15-16H2,1-4H3/t25-,27+/m0/s1. The molecule has 1 heterocycles. The molecule has 1 saturated heterocycles. The average molecular weight is 480 g/mol. The normalized spacial score (nSPS) is 19.3. The minimum absolute atomic E-state index is 0.212. The number of benzene rings is 3. The molecule has 2 atom stereocenters. The maximum absolute atomic E-state index is 13.1. The molecular formula is C27H29NO7. The third kappa shape index (κ3) is 4.57. The fourth-order valence-electron chi connectivity index (χ4n) is 4.29. The van der Waals surface area contributed by atoms with Gasteiger partial charge in [0.2, 0.25) is 5.72 Å². The SMILES string of the molecule is COc1ccc([C@@H]2OC(=O)N(CCc3ccc(OC)c(OC)c3)[C@@]2(O)c2ccc(OC)cc2)cc1. The highest BCUT2D eigenvalue weighted by atomic mass is 16.6. The monoisotopic (exact) mass is 479 g/mol. The van der Waals surface area contributed by atoms with Crippen LogP contribution in [0.2, 0.25) is 0 Å². The number of amides is 1. The number of carbonyl (C=O) groups excluding carboxylic acids is 1. The Morgan fingerprint density at radius 2 is 1.43 bits per heavy atom. The van der Waals surface area contributed by atoms with E-state index in [2.05, 4.69) is 0 Å². The molecule has 0 unspecified atom stereocenters. The van der Waals surface area contributed by atoms with Crippen molar-refractivity contribution in [1.29, 1.82) is 0 Å². The van der Waals surface area contributed by atoms with E-state index in [1.807, 2.05) is 18.2 Å². The number of ether oxygens (including phenoxy) is 5. The number of nitrogens with zero attached hydrogens (tertiary/aromatic N) is 1. The van der Waals surface area contributed by atoms with Crippen LogP contribution in [0.3, 0.4) is 0 Å². The summed E-state index contributed by atoms with van der Waals surface area (Å²) in [4.78, 5) is 14.4. The molecule has 0 saturated carbocycles. The largest absolute Gasteiger partial charge is 0.497 e. The third-order valence-corrected chi connectivity index (χ3v) is 6.22. The van der Waals surface area contributed by atoms with Crippen LogP contribution in [0.15, 0.2) is 66.7 Å². The second kappa shape index (κ2) is 10.1. The Hall–Kier alpha value is -3.91. The summed E-state index contributed by atoms with van der Waals surface area (Å²) in [5.41, 5.74) is 0.331. The maximum atomic E-state index is 13.1. The quantitative estimate of drug-likeness (QED) is 0.490. The molecule has 3 aromatic carbocycles. The molecule has 0 aliphatic carbocycles. The van der Waals surface area contributed by atoms with E-state index in [0.717, 1.165) is 5.56 Å². The van der Waals surface area contributed by atoms with Gasteiger partial charge in [-0.25, -0.2) is 4.79 Å². The Kier molecular flexibility index (Phi) is 7.02. The summed E-state index contributed by atoms with van der Waals surface area (Å²) in [6.45, 7) is 0.212. The van der Waals surface area contributed by atoms with Crippen LogP contribution < -0.4 is 18.9 Å². The number of rotatable bonds is 9. The third-order valence-electron chi connectivity index (χ3n) is 6.22. The van der Waals surface area contributed by atoms with Crippen LogP contribution >= 0.6 is 0 Å². The van der Waals surface area contributed by atoms with E-state index in [1.165, 1.54) is 4.90 Å². The Balaban J connectivity index is 1.69. The molecule has 0 spiro atoms. The van der Waals surface area contributed by atoms with Crippen LogP contribution in [0, 0.1) is 0 Å². The van der Waals surface area contributed by atoms with Gasteiger partial charge in [-0.05, 0) is 53.9 Å². The molecule has 1 N–H and O–H groups in total. The Morgan fingerprint density at radius 3 is 2.00 bits per heavy atom. The maximum Gasteiger partial charge on any atom is 0.413 e. The van der Waals surface area contributed by atoms with Gasteiger partial charge in [0.15, 0.2) is 17.6 Å². The highest BCUT2D eigenvalue weighted by Gasteiger charge is 2.55. The lowest BCUT2D eigenvalue weighted by Gasteiger charge is -2.35. The molecule has 1 fully saturated rings. The van der Waals surface area contributed by atoms with Gasteiger partial charge < -0.3 is 28.8 Å². The van der Waals surface area contributed by atoms with Gasteiger partial charge in [0.1, 0.15) is 11.5 Å². The summed E-state index contributed by atoms with van der Waals surface area (Å²) in [5.74, 6) is 2.51. The molecule has 184 valence electrons. The molecule has 0 bridgehead atoms. The Morgan fingerprint density at radius 1 is 0.829 bits per heavy atom. The first-order chi connectivity index (χ1) is 16.9. The number of carbonyl (C=O) groups is 1. The van der Waals surface area contributed by atoms with Crippen LogP contribution in [0.1, 0.15) is 22.8 Å². The van der Waals surface area contributed by atoms with Crippen molar-refractivity contribution in [3.05, 3.63) is 83.4 Å². The van der Waals surface area contributed by atoms with E-state index in [9.17, 15) is 9.90 Å². The minimum atomic E-state index is -1.74. The summed E-state index contributed by atoms with van der Waals surface area (Å²) in [6.07, 6.45) is -1.09. The van der Waals surface area contributed by atoms with E-state index in [0.29, 0.717) is 40.5 Å². The smallest absolute Gasteiger partial charge is 0.413 e. The van der Waals surface area contributed by atoms with Crippen LogP contribution in [0.4, 0.5) is 4.79 Å². The van der Waals surface area contributed by atoms with Gasteiger partial charge in [-0.3, -0.25) is 4.90 Å². The topological polar surface area (TPSA) is 86.7 Å². The van der Waals surface area contributed by atoms with Gasteiger partial charge in [-0.2, -0.15) is 0 Å². The first-order valence-electron chi connectivity index (χ1n) is 11.1. The van der Waals surface area contributed by atoms with E-state index in [-0.39, 0.29) is 6.54 Å². The fraction of sp³-hybridized carbons (Fsp3) is 0.296. The van der Waals surface area contributed by atoms with Crippen molar-refractivity contribution < 1.29 is 33.6 Å². The molecule has 1 aliphatic rings. The second-order valence-electron chi connectivity index (χ2n) is 8.08. The lowest BCUT2D eigenvalue weighted by atomic mass is 9.91. The predicted octanol–water partition coefficient (Wildman–Crippen LogP) is 4.30. The average Bonchev–Trinajstić information content (AvgIpc) is 3.17. The highest BCUT2D eigenvalue weighted by Crippen LogP contribution is 2.47. The summed E-state index contributed by atoms with van der Waals surface area (Å²) >= 11 is 0. The zero-order valence-electron chi connectivity index (χ0n) is 20.2. The molecule has 8 nitrogen and oxygen atoms in total. The highest BCUT2D eigenvalue weighted by molar-refractivity contribution is 5.72. The van der Waals surface area contributed by atoms with Crippen molar-refractivity contribution in [1.82, 2.24) is 4.90 Å². The molecule has 35 heavy (non-hydrogen) atoms. The number of methoxy groups -OCH3 is 4. The van der Waals surface area contributed by atoms with Gasteiger partial charge in [0.25, 0.3) is 0 Å². The molecule has 1 aliphatic heterocycles. The number of aliphatic hydroxyl groups is 1. The molecule has 0 radical (unpaired) electrons. The van der Waals surface area contributed by atoms with E-state index in [1.54, 1.807) is 77.0 Å². The van der Waals surface area contributed by atoms with Gasteiger partial charge in [0.05, 0.1) is 28.4 Å². The molecule has 4 rings (SSSR count). The van der Waals surface area contributed by atoms with Crippen molar-refractivity contribution in [2.24, 2.45) is 0 Å². The number of hydrogen-bond acceptors (Lipinski definition) is 7. The first-order valence-corrected chi connectivity index (χ1v) is 11.1. The van der Waals surface area contributed by atoms with Crippen molar-refractivity contribution >= 4 is 6.09 Å². The zero-order valence-corrected chi connectivity index (χ0v) is 20.2. The molecule has 8 heteroatoms. The van der Waals surface area contributed by atoms with Crippen LogP contribution in [-0.4, -0.2) is 51.1 Å². The first kappa shape index (κ1) is 24.2. The van der Waals surface area contributed by atoms with Crippen LogP contribution in [0.25, 0.3) is 0 Å². The van der Waals surface area contributed by atoms with Gasteiger partial charge in [-0.15, -0.1) is 0 Å². The molecule has 3 aromatic rings. The van der Waals surface area contributed by atoms with Crippen molar-refractivity contribution in [2.45, 2.75) is 18.2 Å². The molecule has 0 aromatic heterocycles. The lowest BCUT2D eigenvalue weighted by Crippen LogP contribution is -2.46. The predicted molar refractivity (Wildman–Crippen MR) is 129 cm³/mol. The van der Waals surface area contributed by atoms with Crippen LogP contribution in [-0.2, 0) is 16.9 Å². The summed E-state index contributed by atoms with van der Waals surface area (Å²) in [7, 11) is 6.29. The number of hydrogen-bond donors (Lipinski definition) is 1. The number of cyclic esters (lactones) is 1. The van der Waals surface area contributed by atoms with Crippen molar-refractivity contribution in [3.8, 4) is 23.0 Å². The van der Waals surface area contributed by atoms with Crippen molar-refractivity contribution in [2.75, 3.05) is 35.0 Å². The lowest BCUT2D eigenvalue weighted by molar-refractivity contribution is -0.109. The van der Waals surface area contributed by atoms with Crippen LogP contribution in [0.5, 0.6) is 23.0 Å². The van der Waals surface area contributed by atoms with Crippen molar-refractivity contribution in [3.63, 3.8) is 0 Å².